The maximum Gasteiger partial charge on any atom is 0.171 e. The van der Waals surface area contributed by atoms with Crippen LogP contribution in [0.3, 0.4) is 0 Å². The monoisotopic (exact) mass is 293 g/mol. The number of aromatic nitrogens is 4. The Morgan fingerprint density at radius 2 is 2.35 bits per heavy atom. The maximum atomic E-state index is 5.87. The van der Waals surface area contributed by atoms with Crippen LogP contribution >= 0.6 is 11.6 Å². The van der Waals surface area contributed by atoms with Crippen molar-refractivity contribution in [2.45, 2.75) is 32.5 Å². The van der Waals surface area contributed by atoms with Gasteiger partial charge in [0.1, 0.15) is 18.2 Å². The van der Waals surface area contributed by atoms with Crippen molar-refractivity contribution >= 4 is 11.6 Å². The van der Waals surface area contributed by atoms with E-state index in [1.165, 1.54) is 0 Å². The van der Waals surface area contributed by atoms with Gasteiger partial charge in [0.15, 0.2) is 5.82 Å². The van der Waals surface area contributed by atoms with Gasteiger partial charge in [0, 0.05) is 37.8 Å². The number of pyridine rings is 1. The van der Waals surface area contributed by atoms with Crippen LogP contribution in [0.2, 0.25) is 5.02 Å². The lowest BCUT2D eigenvalue weighted by Gasteiger charge is -2.08. The van der Waals surface area contributed by atoms with Gasteiger partial charge in [-0.05, 0) is 6.92 Å². The normalized spacial score (nSPS) is 18.4. The van der Waals surface area contributed by atoms with E-state index in [4.69, 9.17) is 16.3 Å². The molecule has 1 aliphatic rings. The molecule has 0 saturated heterocycles. The molecular formula is C13H16ClN5O. The summed E-state index contributed by atoms with van der Waals surface area (Å²) in [6.07, 6.45) is 4.09. The molecule has 6 nitrogen and oxygen atoms in total. The predicted molar refractivity (Wildman–Crippen MR) is 74.8 cm³/mol. The van der Waals surface area contributed by atoms with Crippen LogP contribution in [-0.4, -0.2) is 32.3 Å². The fraction of sp³-hybridized carbons (Fsp3) is 0.462. The van der Waals surface area contributed by atoms with E-state index in [1.54, 1.807) is 18.5 Å². The molecule has 1 N–H and O–H groups in total. The summed E-state index contributed by atoms with van der Waals surface area (Å²) in [5, 5.41) is 12.5. The summed E-state index contributed by atoms with van der Waals surface area (Å²) < 4.78 is 7.79. The van der Waals surface area contributed by atoms with Crippen molar-refractivity contribution in [1.82, 2.24) is 25.1 Å². The predicted octanol–water partition coefficient (Wildman–Crippen LogP) is 1.44. The molecule has 0 unspecified atom stereocenters. The minimum atomic E-state index is 0.364. The van der Waals surface area contributed by atoms with Gasteiger partial charge in [0.25, 0.3) is 0 Å². The Hall–Kier alpha value is -1.66. The second kappa shape index (κ2) is 5.76. The zero-order chi connectivity index (χ0) is 13.9. The van der Waals surface area contributed by atoms with Crippen molar-refractivity contribution in [3.63, 3.8) is 0 Å². The van der Waals surface area contributed by atoms with Gasteiger partial charge < -0.3 is 14.6 Å². The van der Waals surface area contributed by atoms with Crippen LogP contribution in [-0.2, 0) is 19.6 Å². The van der Waals surface area contributed by atoms with Crippen LogP contribution in [0.1, 0.15) is 18.6 Å². The Morgan fingerprint density at radius 3 is 3.20 bits per heavy atom. The number of fused-ring (bicyclic) bond motifs is 1. The van der Waals surface area contributed by atoms with Gasteiger partial charge in [0.05, 0.1) is 11.2 Å². The van der Waals surface area contributed by atoms with Crippen molar-refractivity contribution in [2.24, 2.45) is 0 Å². The molecule has 0 fully saturated rings. The van der Waals surface area contributed by atoms with E-state index >= 15 is 0 Å². The van der Waals surface area contributed by atoms with Crippen LogP contribution in [0.25, 0.3) is 0 Å². The molecule has 106 valence electrons. The first kappa shape index (κ1) is 13.3. The molecule has 0 bridgehead atoms. The number of halogens is 1. The van der Waals surface area contributed by atoms with Crippen LogP contribution in [0.4, 0.5) is 0 Å². The van der Waals surface area contributed by atoms with E-state index in [0.29, 0.717) is 23.4 Å². The summed E-state index contributed by atoms with van der Waals surface area (Å²) in [5.74, 6) is 2.47. The second-order valence-electron chi connectivity index (χ2n) is 4.87. The van der Waals surface area contributed by atoms with Gasteiger partial charge >= 0.3 is 0 Å². The molecule has 0 spiro atoms. The number of ether oxygens (including phenoxy) is 1. The highest BCUT2D eigenvalue weighted by molar-refractivity contribution is 6.30. The highest BCUT2D eigenvalue weighted by Crippen LogP contribution is 2.17. The molecule has 0 saturated carbocycles. The first-order valence-electron chi connectivity index (χ1n) is 6.60. The van der Waals surface area contributed by atoms with E-state index in [-0.39, 0.29) is 0 Å². The zero-order valence-corrected chi connectivity index (χ0v) is 12.0. The van der Waals surface area contributed by atoms with E-state index in [0.717, 1.165) is 31.2 Å². The van der Waals surface area contributed by atoms with Gasteiger partial charge in [0.2, 0.25) is 0 Å². The number of hydrogen-bond acceptors (Lipinski definition) is 5. The third kappa shape index (κ3) is 2.91. The van der Waals surface area contributed by atoms with E-state index in [2.05, 4.69) is 32.0 Å². The van der Waals surface area contributed by atoms with Crippen molar-refractivity contribution in [3.8, 4) is 5.75 Å². The van der Waals surface area contributed by atoms with Crippen LogP contribution in [0.15, 0.2) is 18.5 Å². The van der Waals surface area contributed by atoms with Crippen LogP contribution < -0.4 is 10.1 Å². The zero-order valence-electron chi connectivity index (χ0n) is 11.2. The first-order valence-corrected chi connectivity index (χ1v) is 6.98. The lowest BCUT2D eigenvalue weighted by Crippen LogP contribution is -2.27. The molecule has 2 aromatic rings. The molecule has 20 heavy (non-hydrogen) atoms. The lowest BCUT2D eigenvalue weighted by molar-refractivity contribution is 0.287. The molecule has 7 heteroatoms. The summed E-state index contributed by atoms with van der Waals surface area (Å²) in [4.78, 5) is 3.99. The molecule has 0 aliphatic carbocycles. The van der Waals surface area contributed by atoms with Crippen molar-refractivity contribution < 1.29 is 4.74 Å². The minimum Gasteiger partial charge on any atom is -0.484 e. The van der Waals surface area contributed by atoms with Gasteiger partial charge in [-0.1, -0.05) is 11.6 Å². The average Bonchev–Trinajstić information content (AvgIpc) is 2.69. The van der Waals surface area contributed by atoms with Crippen molar-refractivity contribution in [2.75, 3.05) is 6.54 Å². The molecule has 3 heterocycles. The fourth-order valence-electron chi connectivity index (χ4n) is 2.28. The largest absolute Gasteiger partial charge is 0.484 e. The van der Waals surface area contributed by atoms with Gasteiger partial charge in [-0.15, -0.1) is 10.2 Å². The summed E-state index contributed by atoms with van der Waals surface area (Å²) in [6.45, 7) is 4.29. The quantitative estimate of drug-likeness (QED) is 0.928. The smallest absolute Gasteiger partial charge is 0.171 e. The number of hydrogen-bond donors (Lipinski definition) is 1. The standard InChI is InChI=1S/C13H16ClN5O/c1-9-4-12-17-18-13(19(12)3-2-16-9)8-20-11-5-10(14)6-15-7-11/h5-7,9,16H,2-4,8H2,1H3/t9-/m0/s1. The molecule has 3 rings (SSSR count). The molecule has 2 aromatic heterocycles. The molecule has 0 amide bonds. The van der Waals surface area contributed by atoms with Crippen LogP contribution in [0, 0.1) is 0 Å². The minimum absolute atomic E-state index is 0.364. The third-order valence-corrected chi connectivity index (χ3v) is 3.48. The third-order valence-electron chi connectivity index (χ3n) is 3.27. The molecule has 1 atom stereocenters. The van der Waals surface area contributed by atoms with Gasteiger partial charge in [-0.3, -0.25) is 4.98 Å². The highest BCUT2D eigenvalue weighted by atomic mass is 35.5. The Kier molecular flexibility index (Phi) is 3.84. The van der Waals surface area contributed by atoms with E-state index < -0.39 is 0 Å². The Bertz CT molecular complexity index is 600. The summed E-state index contributed by atoms with van der Waals surface area (Å²) in [7, 11) is 0. The van der Waals surface area contributed by atoms with E-state index in [9.17, 15) is 0 Å². The lowest BCUT2D eigenvalue weighted by atomic mass is 10.2. The van der Waals surface area contributed by atoms with Crippen molar-refractivity contribution in [3.05, 3.63) is 35.1 Å². The van der Waals surface area contributed by atoms with Gasteiger partial charge in [-0.2, -0.15) is 0 Å². The summed E-state index contributed by atoms with van der Waals surface area (Å²) >= 11 is 5.87. The Labute approximate surface area is 122 Å². The number of nitrogens with zero attached hydrogens (tertiary/aromatic N) is 4. The Balaban J connectivity index is 1.72. The highest BCUT2D eigenvalue weighted by Gasteiger charge is 2.18. The molecule has 1 aliphatic heterocycles. The van der Waals surface area contributed by atoms with Gasteiger partial charge in [-0.25, -0.2) is 0 Å². The number of nitrogens with one attached hydrogen (secondary N) is 1. The van der Waals surface area contributed by atoms with Crippen LogP contribution in [0.5, 0.6) is 5.75 Å². The summed E-state index contributed by atoms with van der Waals surface area (Å²) in [6, 6.07) is 2.16. The van der Waals surface area contributed by atoms with E-state index in [1.807, 2.05) is 0 Å². The SMILES string of the molecule is C[C@H]1Cc2nnc(COc3cncc(Cl)c3)n2CCN1. The topological polar surface area (TPSA) is 64.9 Å². The van der Waals surface area contributed by atoms with Crippen molar-refractivity contribution in [1.29, 1.82) is 0 Å². The molecular weight excluding hydrogens is 278 g/mol. The Morgan fingerprint density at radius 1 is 1.45 bits per heavy atom. The summed E-state index contributed by atoms with van der Waals surface area (Å²) in [5.41, 5.74) is 0. The molecule has 0 radical (unpaired) electrons. The average molecular weight is 294 g/mol. The first-order chi connectivity index (χ1) is 9.72. The number of rotatable bonds is 3. The second-order valence-corrected chi connectivity index (χ2v) is 5.31. The fourth-order valence-corrected chi connectivity index (χ4v) is 2.44. The maximum absolute atomic E-state index is 5.87. The molecule has 0 aromatic carbocycles.